The number of H-pyrrole nitrogens is 1. The van der Waals surface area contributed by atoms with Gasteiger partial charge < -0.3 is 5.32 Å². The van der Waals surface area contributed by atoms with Crippen molar-refractivity contribution in [2.75, 3.05) is 0 Å². The first-order chi connectivity index (χ1) is 11.4. The lowest BCUT2D eigenvalue weighted by Crippen LogP contribution is -2.36. The van der Waals surface area contributed by atoms with Gasteiger partial charge in [0.05, 0.1) is 17.9 Å². The topological polar surface area (TPSA) is 101 Å². The highest BCUT2D eigenvalue weighted by atomic mass is 32.1. The fraction of sp³-hybridized carbons (Fsp3) is 0.400. The van der Waals surface area contributed by atoms with Gasteiger partial charge >= 0.3 is 0 Å². The van der Waals surface area contributed by atoms with Crippen LogP contribution in [0.4, 0.5) is 0 Å². The molecule has 0 aliphatic rings. The van der Waals surface area contributed by atoms with Crippen LogP contribution in [0.25, 0.3) is 10.8 Å². The van der Waals surface area contributed by atoms with Gasteiger partial charge in [-0.15, -0.1) is 11.3 Å². The summed E-state index contributed by atoms with van der Waals surface area (Å²) in [7, 11) is 0. The molecule has 0 fully saturated rings. The summed E-state index contributed by atoms with van der Waals surface area (Å²) in [6, 6.07) is 1.97. The van der Waals surface area contributed by atoms with E-state index in [-0.39, 0.29) is 11.9 Å². The average molecular weight is 345 g/mol. The van der Waals surface area contributed by atoms with Crippen LogP contribution in [0, 0.1) is 20.8 Å². The molecular weight excluding hydrogens is 326 g/mol. The predicted octanol–water partition coefficient (Wildman–Crippen LogP) is 1.87. The summed E-state index contributed by atoms with van der Waals surface area (Å²) in [6.45, 7) is 8.36. The Hall–Kier alpha value is -2.55. The molecule has 9 heteroatoms. The molecule has 3 aromatic rings. The van der Waals surface area contributed by atoms with Crippen molar-refractivity contribution in [3.8, 4) is 10.8 Å². The normalized spacial score (nSPS) is 12.3. The van der Waals surface area contributed by atoms with Crippen molar-refractivity contribution in [3.63, 3.8) is 0 Å². The van der Waals surface area contributed by atoms with E-state index in [1.807, 2.05) is 38.4 Å². The number of nitrogens with one attached hydrogen (secondary N) is 2. The van der Waals surface area contributed by atoms with Gasteiger partial charge in [-0.2, -0.15) is 10.2 Å². The Morgan fingerprint density at radius 2 is 2.21 bits per heavy atom. The average Bonchev–Trinajstić information content (AvgIpc) is 3.20. The summed E-state index contributed by atoms with van der Waals surface area (Å²) in [5.74, 6) is 0.433. The summed E-state index contributed by atoms with van der Waals surface area (Å²) >= 11 is 1.30. The molecule has 8 nitrogen and oxygen atoms in total. The molecule has 0 bridgehead atoms. The zero-order valence-electron chi connectivity index (χ0n) is 14.0. The Kier molecular flexibility index (Phi) is 4.43. The van der Waals surface area contributed by atoms with E-state index in [9.17, 15) is 4.79 Å². The Morgan fingerprint density at radius 1 is 1.42 bits per heavy atom. The Labute approximate surface area is 143 Å². The van der Waals surface area contributed by atoms with Crippen LogP contribution in [-0.4, -0.2) is 41.9 Å². The lowest BCUT2D eigenvalue weighted by atomic mass is 10.3. The van der Waals surface area contributed by atoms with Crippen LogP contribution in [0.3, 0.4) is 0 Å². The second kappa shape index (κ2) is 6.52. The molecule has 0 radical (unpaired) electrons. The van der Waals surface area contributed by atoms with Gasteiger partial charge in [-0.05, 0) is 33.8 Å². The van der Waals surface area contributed by atoms with E-state index >= 15 is 0 Å². The molecule has 126 valence electrons. The Balaban J connectivity index is 1.69. The van der Waals surface area contributed by atoms with E-state index in [2.05, 4.69) is 30.6 Å². The number of amides is 1. The van der Waals surface area contributed by atoms with Crippen molar-refractivity contribution in [2.45, 2.75) is 40.3 Å². The third kappa shape index (κ3) is 3.35. The maximum absolute atomic E-state index is 12.5. The molecule has 0 saturated carbocycles. The van der Waals surface area contributed by atoms with Crippen LogP contribution in [0.2, 0.25) is 0 Å². The third-order valence-corrected chi connectivity index (χ3v) is 4.71. The molecule has 3 rings (SSSR count). The van der Waals surface area contributed by atoms with Gasteiger partial charge in [0.1, 0.15) is 11.2 Å². The number of nitrogens with zero attached hydrogens (tertiary/aromatic N) is 5. The first kappa shape index (κ1) is 16.3. The number of rotatable bonds is 5. The van der Waals surface area contributed by atoms with E-state index in [0.717, 1.165) is 11.4 Å². The van der Waals surface area contributed by atoms with Crippen LogP contribution in [0.5, 0.6) is 0 Å². The zero-order chi connectivity index (χ0) is 17.3. The minimum atomic E-state index is -0.134. The fourth-order valence-electron chi connectivity index (χ4n) is 2.47. The minimum absolute atomic E-state index is 0.0503. The van der Waals surface area contributed by atoms with Gasteiger partial charge in [0, 0.05) is 11.7 Å². The molecule has 0 unspecified atom stereocenters. The highest BCUT2D eigenvalue weighted by Gasteiger charge is 2.19. The standard InChI is InChI=1S/C15H19N7OS/c1-8-5-10(3)22(21-8)6-9(2)18-14(23)12-11(4)19-15(24-12)13-16-7-17-20-13/h5,7,9H,6H2,1-4H3,(H,18,23)(H,16,17,20)/t9-/m1/s1. The summed E-state index contributed by atoms with van der Waals surface area (Å²) in [6.07, 6.45) is 1.42. The Bertz CT molecular complexity index is 849. The smallest absolute Gasteiger partial charge is 0.263 e. The second-order valence-electron chi connectivity index (χ2n) is 5.75. The molecule has 0 spiro atoms. The lowest BCUT2D eigenvalue weighted by molar-refractivity contribution is 0.0939. The molecule has 2 N–H and O–H groups in total. The van der Waals surface area contributed by atoms with Crippen LogP contribution in [0.15, 0.2) is 12.4 Å². The van der Waals surface area contributed by atoms with Crippen molar-refractivity contribution in [1.29, 1.82) is 0 Å². The number of carbonyl (C=O) groups is 1. The molecule has 24 heavy (non-hydrogen) atoms. The predicted molar refractivity (Wildman–Crippen MR) is 90.9 cm³/mol. The molecule has 0 aromatic carbocycles. The fourth-order valence-corrected chi connectivity index (χ4v) is 3.39. The van der Waals surface area contributed by atoms with Crippen molar-refractivity contribution in [3.05, 3.63) is 34.4 Å². The SMILES string of the molecule is Cc1cc(C)n(C[C@@H](C)NC(=O)c2sc(-c3ncn[nH]3)nc2C)n1. The number of carbonyl (C=O) groups excluding carboxylic acids is 1. The minimum Gasteiger partial charge on any atom is -0.347 e. The maximum Gasteiger partial charge on any atom is 0.263 e. The first-order valence-corrected chi connectivity index (χ1v) is 8.40. The quantitative estimate of drug-likeness (QED) is 0.735. The number of aromatic nitrogens is 6. The number of thiazole rings is 1. The van der Waals surface area contributed by atoms with E-state index in [1.54, 1.807) is 0 Å². The molecule has 3 aromatic heterocycles. The Morgan fingerprint density at radius 3 is 2.83 bits per heavy atom. The highest BCUT2D eigenvalue weighted by molar-refractivity contribution is 7.17. The summed E-state index contributed by atoms with van der Waals surface area (Å²) < 4.78 is 1.90. The largest absolute Gasteiger partial charge is 0.347 e. The highest BCUT2D eigenvalue weighted by Crippen LogP contribution is 2.25. The molecule has 0 saturated heterocycles. The third-order valence-electron chi connectivity index (χ3n) is 3.55. The molecular formula is C15H19N7OS. The van der Waals surface area contributed by atoms with Gasteiger partial charge in [0.15, 0.2) is 10.8 Å². The monoisotopic (exact) mass is 345 g/mol. The zero-order valence-corrected chi connectivity index (χ0v) is 14.8. The molecule has 3 heterocycles. The van der Waals surface area contributed by atoms with E-state index in [1.165, 1.54) is 17.7 Å². The number of aromatic amines is 1. The lowest BCUT2D eigenvalue weighted by Gasteiger charge is -2.14. The summed E-state index contributed by atoms with van der Waals surface area (Å²) in [5, 5.41) is 14.6. The van der Waals surface area contributed by atoms with Gasteiger partial charge in [0.2, 0.25) is 0 Å². The molecule has 0 aliphatic heterocycles. The second-order valence-corrected chi connectivity index (χ2v) is 6.75. The number of hydrogen-bond acceptors (Lipinski definition) is 6. The maximum atomic E-state index is 12.5. The van der Waals surface area contributed by atoms with Gasteiger partial charge in [-0.25, -0.2) is 9.97 Å². The number of aryl methyl sites for hydroxylation is 3. The first-order valence-electron chi connectivity index (χ1n) is 7.59. The van der Waals surface area contributed by atoms with Gasteiger partial charge in [0.25, 0.3) is 5.91 Å². The van der Waals surface area contributed by atoms with Crippen LogP contribution >= 0.6 is 11.3 Å². The van der Waals surface area contributed by atoms with Crippen LogP contribution in [0.1, 0.15) is 33.7 Å². The van der Waals surface area contributed by atoms with Crippen molar-refractivity contribution < 1.29 is 4.79 Å². The van der Waals surface area contributed by atoms with Crippen molar-refractivity contribution in [2.24, 2.45) is 0 Å². The van der Waals surface area contributed by atoms with Crippen LogP contribution < -0.4 is 5.32 Å². The van der Waals surface area contributed by atoms with E-state index in [4.69, 9.17) is 0 Å². The summed E-state index contributed by atoms with van der Waals surface area (Å²) in [4.78, 5) is 21.6. The van der Waals surface area contributed by atoms with Crippen molar-refractivity contribution >= 4 is 17.2 Å². The molecule has 0 aliphatic carbocycles. The van der Waals surface area contributed by atoms with Crippen molar-refractivity contribution in [1.82, 2.24) is 35.3 Å². The van der Waals surface area contributed by atoms with Crippen LogP contribution in [-0.2, 0) is 6.54 Å². The van der Waals surface area contributed by atoms with Gasteiger partial charge in [-0.3, -0.25) is 14.6 Å². The molecule has 1 atom stereocenters. The van der Waals surface area contributed by atoms with E-state index in [0.29, 0.717) is 27.9 Å². The van der Waals surface area contributed by atoms with Gasteiger partial charge in [-0.1, -0.05) is 0 Å². The van der Waals surface area contributed by atoms with E-state index < -0.39 is 0 Å². The number of hydrogen-bond donors (Lipinski definition) is 2. The summed E-state index contributed by atoms with van der Waals surface area (Å²) in [5.41, 5.74) is 2.73. The molecule has 1 amide bonds.